The van der Waals surface area contributed by atoms with Gasteiger partial charge in [0.25, 0.3) is 0 Å². The molecule has 0 aliphatic rings. The molecule has 1 aromatic heterocycles. The maximum absolute atomic E-state index is 12.0. The number of aromatic amines is 1. The van der Waals surface area contributed by atoms with E-state index in [9.17, 15) is 14.7 Å². The van der Waals surface area contributed by atoms with E-state index in [2.05, 4.69) is 4.98 Å². The van der Waals surface area contributed by atoms with E-state index < -0.39 is 17.5 Å². The molecule has 4 N–H and O–H groups in total. The van der Waals surface area contributed by atoms with Crippen LogP contribution in [0.2, 0.25) is 0 Å². The first-order valence-electron chi connectivity index (χ1n) is 6.58. The number of aromatic carboxylic acids is 1. The van der Waals surface area contributed by atoms with Crippen molar-refractivity contribution in [1.29, 1.82) is 0 Å². The first-order valence-corrected chi connectivity index (χ1v) is 6.58. The number of rotatable bonds is 6. The first kappa shape index (κ1) is 16.2. The summed E-state index contributed by atoms with van der Waals surface area (Å²) in [5.74, 6) is -1.59. The van der Waals surface area contributed by atoms with Gasteiger partial charge in [-0.15, -0.1) is 0 Å². The smallest absolute Gasteiger partial charge is 0.352 e. The Labute approximate surface area is 118 Å². The summed E-state index contributed by atoms with van der Waals surface area (Å²) in [6.45, 7) is 7.33. The van der Waals surface area contributed by atoms with E-state index in [1.54, 1.807) is 13.8 Å². The van der Waals surface area contributed by atoms with Crippen LogP contribution in [0, 0.1) is 6.92 Å². The number of esters is 1. The van der Waals surface area contributed by atoms with Crippen LogP contribution in [0.25, 0.3) is 0 Å². The van der Waals surface area contributed by atoms with Crippen LogP contribution < -0.4 is 5.73 Å². The highest BCUT2D eigenvalue weighted by atomic mass is 16.5. The van der Waals surface area contributed by atoms with Crippen molar-refractivity contribution < 1.29 is 19.4 Å². The number of carboxylic acid groups (broad SMARTS) is 1. The van der Waals surface area contributed by atoms with Crippen LogP contribution in [0.15, 0.2) is 0 Å². The van der Waals surface area contributed by atoms with Gasteiger partial charge >= 0.3 is 11.9 Å². The summed E-state index contributed by atoms with van der Waals surface area (Å²) < 4.78 is 4.99. The number of hydrogen-bond donors (Lipinski definition) is 3. The van der Waals surface area contributed by atoms with Crippen molar-refractivity contribution in [2.75, 3.05) is 6.61 Å². The van der Waals surface area contributed by atoms with E-state index in [0.29, 0.717) is 29.7 Å². The lowest BCUT2D eigenvalue weighted by molar-refractivity contribution is 0.0524. The maximum Gasteiger partial charge on any atom is 0.352 e. The van der Waals surface area contributed by atoms with Gasteiger partial charge < -0.3 is 20.6 Å². The molecule has 0 bridgehead atoms. The van der Waals surface area contributed by atoms with E-state index in [0.717, 1.165) is 0 Å². The van der Waals surface area contributed by atoms with Crippen LogP contribution in [-0.4, -0.2) is 34.2 Å². The molecule has 1 aromatic rings. The largest absolute Gasteiger partial charge is 0.477 e. The summed E-state index contributed by atoms with van der Waals surface area (Å²) in [4.78, 5) is 26.0. The highest BCUT2D eigenvalue weighted by Crippen LogP contribution is 2.23. The molecule has 6 heteroatoms. The van der Waals surface area contributed by atoms with Crippen LogP contribution >= 0.6 is 0 Å². The zero-order valence-electron chi connectivity index (χ0n) is 12.4. The second kappa shape index (κ2) is 6.09. The minimum Gasteiger partial charge on any atom is -0.477 e. The normalized spacial score (nSPS) is 11.4. The van der Waals surface area contributed by atoms with Crippen molar-refractivity contribution in [1.82, 2.24) is 4.98 Å². The standard InChI is InChI=1S/C14H22N2O4/c1-5-20-13(19)10-8(2)16-11(12(17)18)9(10)6-7-14(3,4)15/h16H,5-7,15H2,1-4H3,(H,17,18). The molecule has 1 rings (SSSR count). The quantitative estimate of drug-likeness (QED) is 0.691. The summed E-state index contributed by atoms with van der Waals surface area (Å²) in [5.41, 5.74) is 6.81. The van der Waals surface area contributed by atoms with Crippen molar-refractivity contribution in [2.24, 2.45) is 5.73 Å². The summed E-state index contributed by atoms with van der Waals surface area (Å²) in [6.07, 6.45) is 0.973. The predicted molar refractivity (Wildman–Crippen MR) is 75.0 cm³/mol. The van der Waals surface area contributed by atoms with Gasteiger partial charge in [0.15, 0.2) is 0 Å². The SMILES string of the molecule is CCOC(=O)c1c(C)[nH]c(C(=O)O)c1CCC(C)(C)N. The maximum atomic E-state index is 12.0. The monoisotopic (exact) mass is 282 g/mol. The highest BCUT2D eigenvalue weighted by Gasteiger charge is 2.26. The third-order valence-electron chi connectivity index (χ3n) is 3.00. The molecule has 20 heavy (non-hydrogen) atoms. The number of carboxylic acids is 1. The van der Waals surface area contributed by atoms with Gasteiger partial charge in [-0.05, 0) is 46.1 Å². The number of aryl methyl sites for hydroxylation is 1. The van der Waals surface area contributed by atoms with Crippen molar-refractivity contribution in [3.8, 4) is 0 Å². The topological polar surface area (TPSA) is 105 Å². The number of nitrogens with one attached hydrogen (secondary N) is 1. The third kappa shape index (κ3) is 3.84. The van der Waals surface area contributed by atoms with E-state index in [1.165, 1.54) is 0 Å². The average Bonchev–Trinajstić information content (AvgIpc) is 2.63. The van der Waals surface area contributed by atoms with Gasteiger partial charge in [-0.3, -0.25) is 0 Å². The lowest BCUT2D eigenvalue weighted by Crippen LogP contribution is -2.32. The molecule has 1 heterocycles. The van der Waals surface area contributed by atoms with Gasteiger partial charge in [0, 0.05) is 11.2 Å². The molecule has 0 saturated carbocycles. The number of hydrogen-bond acceptors (Lipinski definition) is 4. The van der Waals surface area contributed by atoms with Gasteiger partial charge in [0.1, 0.15) is 5.69 Å². The fourth-order valence-electron chi connectivity index (χ4n) is 2.04. The Morgan fingerprint density at radius 1 is 1.40 bits per heavy atom. The number of carbonyl (C=O) groups is 2. The zero-order chi connectivity index (χ0) is 15.5. The fourth-order valence-corrected chi connectivity index (χ4v) is 2.04. The lowest BCUT2D eigenvalue weighted by Gasteiger charge is -2.18. The Morgan fingerprint density at radius 2 is 2.00 bits per heavy atom. The molecule has 0 amide bonds. The van der Waals surface area contributed by atoms with Gasteiger partial charge in [-0.1, -0.05) is 0 Å². The number of carbonyl (C=O) groups excluding carboxylic acids is 1. The van der Waals surface area contributed by atoms with E-state index in [1.807, 2.05) is 13.8 Å². The molecule has 112 valence electrons. The van der Waals surface area contributed by atoms with Crippen LogP contribution in [0.5, 0.6) is 0 Å². The Hall–Kier alpha value is -1.82. The minimum absolute atomic E-state index is 0.0369. The van der Waals surface area contributed by atoms with Gasteiger partial charge in [0.05, 0.1) is 12.2 Å². The molecule has 0 aliphatic carbocycles. The molecule has 0 radical (unpaired) electrons. The van der Waals surface area contributed by atoms with Crippen molar-refractivity contribution in [3.63, 3.8) is 0 Å². The molecule has 0 aromatic carbocycles. The first-order chi connectivity index (χ1) is 9.17. The van der Waals surface area contributed by atoms with Crippen molar-refractivity contribution in [3.05, 3.63) is 22.5 Å². The van der Waals surface area contributed by atoms with Gasteiger partial charge in [0.2, 0.25) is 0 Å². The molecule has 0 aliphatic heterocycles. The molecular formula is C14H22N2O4. The van der Waals surface area contributed by atoms with Crippen LogP contribution in [0.1, 0.15) is 59.3 Å². The molecule has 0 atom stereocenters. The molecule has 6 nitrogen and oxygen atoms in total. The summed E-state index contributed by atoms with van der Waals surface area (Å²) >= 11 is 0. The van der Waals surface area contributed by atoms with Crippen molar-refractivity contribution in [2.45, 2.75) is 46.1 Å². The zero-order valence-corrected chi connectivity index (χ0v) is 12.4. The fraction of sp³-hybridized carbons (Fsp3) is 0.571. The third-order valence-corrected chi connectivity index (χ3v) is 3.00. The molecule has 0 fully saturated rings. The second-order valence-electron chi connectivity index (χ2n) is 5.49. The Balaban J connectivity index is 3.21. The Morgan fingerprint density at radius 3 is 2.45 bits per heavy atom. The highest BCUT2D eigenvalue weighted by molar-refractivity contribution is 5.98. The molecule has 0 unspecified atom stereocenters. The van der Waals surface area contributed by atoms with Crippen LogP contribution in [0.4, 0.5) is 0 Å². The average molecular weight is 282 g/mol. The van der Waals surface area contributed by atoms with E-state index >= 15 is 0 Å². The molecular weight excluding hydrogens is 260 g/mol. The summed E-state index contributed by atoms with van der Waals surface area (Å²) in [6, 6.07) is 0. The number of aromatic nitrogens is 1. The number of nitrogens with two attached hydrogens (primary N) is 1. The van der Waals surface area contributed by atoms with E-state index in [4.69, 9.17) is 10.5 Å². The number of ether oxygens (including phenoxy) is 1. The van der Waals surface area contributed by atoms with E-state index in [-0.39, 0.29) is 12.3 Å². The lowest BCUT2D eigenvalue weighted by atomic mass is 9.94. The van der Waals surface area contributed by atoms with Crippen LogP contribution in [-0.2, 0) is 11.2 Å². The Kier molecular flexibility index (Phi) is 4.94. The Bertz CT molecular complexity index is 512. The molecule has 0 spiro atoms. The predicted octanol–water partition coefficient (Wildman–Crippen LogP) is 1.87. The summed E-state index contributed by atoms with van der Waals surface area (Å²) in [7, 11) is 0. The summed E-state index contributed by atoms with van der Waals surface area (Å²) in [5, 5.41) is 9.23. The minimum atomic E-state index is -1.09. The van der Waals surface area contributed by atoms with Crippen molar-refractivity contribution >= 4 is 11.9 Å². The van der Waals surface area contributed by atoms with Crippen LogP contribution in [0.3, 0.4) is 0 Å². The van der Waals surface area contributed by atoms with Gasteiger partial charge in [-0.25, -0.2) is 9.59 Å². The second-order valence-corrected chi connectivity index (χ2v) is 5.49. The molecule has 0 saturated heterocycles. The number of H-pyrrole nitrogens is 1. The van der Waals surface area contributed by atoms with Gasteiger partial charge in [-0.2, -0.15) is 0 Å².